The summed E-state index contributed by atoms with van der Waals surface area (Å²) < 4.78 is 6.60. The summed E-state index contributed by atoms with van der Waals surface area (Å²) >= 11 is 1.14. The molecule has 24 heavy (non-hydrogen) atoms. The van der Waals surface area contributed by atoms with Crippen molar-refractivity contribution in [3.8, 4) is 11.6 Å². The molecule has 0 atom stereocenters. The number of aromatic nitrogens is 3. The lowest BCUT2D eigenvalue weighted by Crippen LogP contribution is -2.15. The monoisotopic (exact) mass is 342 g/mol. The number of carbonyl (C=O) groups is 2. The highest BCUT2D eigenvalue weighted by molar-refractivity contribution is 7.99. The molecular formula is C16H14N4O3S. The highest BCUT2D eigenvalue weighted by Gasteiger charge is 2.20. The average Bonchev–Trinajstić information content (AvgIpc) is 3.23. The van der Waals surface area contributed by atoms with Crippen LogP contribution in [0, 0.1) is 0 Å². The molecule has 0 fully saturated rings. The van der Waals surface area contributed by atoms with Crippen molar-refractivity contribution in [2.75, 3.05) is 11.1 Å². The first-order valence-corrected chi connectivity index (χ1v) is 8.11. The molecule has 1 aromatic carbocycles. The fraction of sp³-hybridized carbons (Fsp3) is 0.125. The third-order valence-electron chi connectivity index (χ3n) is 3.08. The minimum atomic E-state index is -0.252. The molecule has 1 N–H and O–H groups in total. The second-order valence-electron chi connectivity index (χ2n) is 4.84. The lowest BCUT2D eigenvalue weighted by atomic mass is 10.3. The molecule has 0 unspecified atom stereocenters. The van der Waals surface area contributed by atoms with Gasteiger partial charge in [-0.15, -0.1) is 10.2 Å². The molecule has 0 bridgehead atoms. The number of carbonyl (C=O) groups excluding carboxylic acids is 2. The molecule has 0 saturated heterocycles. The van der Waals surface area contributed by atoms with Crippen LogP contribution in [0.1, 0.15) is 11.7 Å². The molecule has 7 nitrogen and oxygen atoms in total. The molecule has 0 aliphatic carbocycles. The minimum absolute atomic E-state index is 0.110. The first-order chi connectivity index (χ1) is 11.6. The zero-order valence-electron chi connectivity index (χ0n) is 12.8. The van der Waals surface area contributed by atoms with E-state index >= 15 is 0 Å². The van der Waals surface area contributed by atoms with Gasteiger partial charge in [-0.1, -0.05) is 30.0 Å². The molecule has 3 rings (SSSR count). The highest BCUT2D eigenvalue weighted by atomic mass is 32.2. The van der Waals surface area contributed by atoms with E-state index < -0.39 is 0 Å². The number of hydrogen-bond acceptors (Lipinski definition) is 6. The standard InChI is InChI=1S/C16H14N4O3S/c1-11(21)20-15(13-8-5-9-23-13)18-19-16(20)24-10-14(22)17-12-6-3-2-4-7-12/h2-9H,10H2,1H3,(H,17,22). The van der Waals surface area contributed by atoms with Crippen molar-refractivity contribution in [2.24, 2.45) is 0 Å². The molecule has 0 spiro atoms. The van der Waals surface area contributed by atoms with Crippen molar-refractivity contribution < 1.29 is 14.0 Å². The van der Waals surface area contributed by atoms with Crippen LogP contribution < -0.4 is 5.32 Å². The number of thioether (sulfide) groups is 1. The van der Waals surface area contributed by atoms with Gasteiger partial charge in [-0.25, -0.2) is 4.57 Å². The summed E-state index contributed by atoms with van der Waals surface area (Å²) in [6, 6.07) is 12.5. The van der Waals surface area contributed by atoms with Crippen LogP contribution in [-0.4, -0.2) is 32.3 Å². The van der Waals surface area contributed by atoms with Crippen LogP contribution in [0.3, 0.4) is 0 Å². The van der Waals surface area contributed by atoms with Crippen LogP contribution >= 0.6 is 11.8 Å². The van der Waals surface area contributed by atoms with Crippen molar-refractivity contribution in [3.63, 3.8) is 0 Å². The molecule has 2 heterocycles. The molecule has 122 valence electrons. The smallest absolute Gasteiger partial charge is 0.234 e. The Kier molecular flexibility index (Phi) is 4.76. The molecule has 2 aromatic heterocycles. The van der Waals surface area contributed by atoms with Gasteiger partial charge in [0.1, 0.15) is 0 Å². The van der Waals surface area contributed by atoms with E-state index in [1.54, 1.807) is 24.3 Å². The predicted octanol–water partition coefficient (Wildman–Crippen LogP) is 2.93. The number of hydrogen-bond donors (Lipinski definition) is 1. The topological polar surface area (TPSA) is 90.0 Å². The zero-order chi connectivity index (χ0) is 16.9. The third kappa shape index (κ3) is 3.54. The molecule has 0 aliphatic heterocycles. The number of para-hydroxylation sites is 1. The molecule has 0 saturated carbocycles. The number of anilines is 1. The second-order valence-corrected chi connectivity index (χ2v) is 5.78. The molecule has 8 heteroatoms. The Labute approximate surface area is 142 Å². The van der Waals surface area contributed by atoms with Crippen LogP contribution in [0.2, 0.25) is 0 Å². The first kappa shape index (κ1) is 16.0. The van der Waals surface area contributed by atoms with E-state index in [0.717, 1.165) is 11.8 Å². The Balaban J connectivity index is 1.71. The Morgan fingerprint density at radius 3 is 2.62 bits per heavy atom. The maximum absolute atomic E-state index is 12.0. The Bertz CT molecular complexity index is 844. The van der Waals surface area contributed by atoms with Crippen LogP contribution in [-0.2, 0) is 4.79 Å². The third-order valence-corrected chi connectivity index (χ3v) is 4.01. The summed E-state index contributed by atoms with van der Waals surface area (Å²) in [5, 5.41) is 11.1. The summed E-state index contributed by atoms with van der Waals surface area (Å²) in [4.78, 5) is 23.9. The van der Waals surface area contributed by atoms with Gasteiger partial charge in [-0.05, 0) is 24.3 Å². The van der Waals surface area contributed by atoms with E-state index in [-0.39, 0.29) is 17.6 Å². The van der Waals surface area contributed by atoms with Gasteiger partial charge in [0.15, 0.2) is 10.9 Å². The van der Waals surface area contributed by atoms with Crippen LogP contribution in [0.5, 0.6) is 0 Å². The summed E-state index contributed by atoms with van der Waals surface area (Å²) in [5.74, 6) is 0.427. The predicted molar refractivity (Wildman–Crippen MR) is 89.8 cm³/mol. The van der Waals surface area contributed by atoms with Gasteiger partial charge in [0, 0.05) is 12.6 Å². The number of benzene rings is 1. The van der Waals surface area contributed by atoms with Gasteiger partial charge in [-0.3, -0.25) is 9.59 Å². The van der Waals surface area contributed by atoms with E-state index in [1.807, 2.05) is 18.2 Å². The van der Waals surface area contributed by atoms with Gasteiger partial charge in [-0.2, -0.15) is 0 Å². The maximum atomic E-state index is 12.0. The summed E-state index contributed by atoms with van der Waals surface area (Å²) in [5.41, 5.74) is 0.715. The van der Waals surface area contributed by atoms with Gasteiger partial charge in [0.2, 0.25) is 17.6 Å². The van der Waals surface area contributed by atoms with Crippen molar-refractivity contribution in [3.05, 3.63) is 48.7 Å². The van der Waals surface area contributed by atoms with E-state index in [4.69, 9.17) is 4.42 Å². The number of amides is 1. The fourth-order valence-corrected chi connectivity index (χ4v) is 2.84. The SMILES string of the molecule is CC(=O)n1c(SCC(=O)Nc2ccccc2)nnc1-c1ccco1. The van der Waals surface area contributed by atoms with Crippen LogP contribution in [0.25, 0.3) is 11.6 Å². The number of nitrogens with zero attached hydrogens (tertiary/aromatic N) is 3. The largest absolute Gasteiger partial charge is 0.461 e. The quantitative estimate of drug-likeness (QED) is 0.717. The highest BCUT2D eigenvalue weighted by Crippen LogP contribution is 2.24. The summed E-state index contributed by atoms with van der Waals surface area (Å²) in [6.45, 7) is 1.41. The van der Waals surface area contributed by atoms with Gasteiger partial charge < -0.3 is 9.73 Å². The Morgan fingerprint density at radius 2 is 1.96 bits per heavy atom. The lowest BCUT2D eigenvalue weighted by Gasteiger charge is -2.06. The molecule has 0 aliphatic rings. The minimum Gasteiger partial charge on any atom is -0.461 e. The van der Waals surface area contributed by atoms with Gasteiger partial charge in [0.25, 0.3) is 0 Å². The summed E-state index contributed by atoms with van der Waals surface area (Å²) in [7, 11) is 0. The van der Waals surface area contributed by atoms with E-state index in [1.165, 1.54) is 17.8 Å². The van der Waals surface area contributed by atoms with Crippen LogP contribution in [0.4, 0.5) is 5.69 Å². The molecule has 0 radical (unpaired) electrons. The summed E-state index contributed by atoms with van der Waals surface area (Å²) in [6.07, 6.45) is 1.49. The van der Waals surface area contributed by atoms with E-state index in [9.17, 15) is 9.59 Å². The molecule has 1 amide bonds. The Hall–Kier alpha value is -2.87. The Morgan fingerprint density at radius 1 is 1.17 bits per heavy atom. The number of furan rings is 1. The first-order valence-electron chi connectivity index (χ1n) is 7.13. The normalized spacial score (nSPS) is 10.5. The lowest BCUT2D eigenvalue weighted by molar-refractivity contribution is -0.113. The average molecular weight is 342 g/mol. The maximum Gasteiger partial charge on any atom is 0.234 e. The second kappa shape index (κ2) is 7.14. The van der Waals surface area contributed by atoms with Crippen LogP contribution in [0.15, 0.2) is 58.3 Å². The number of rotatable bonds is 5. The van der Waals surface area contributed by atoms with Gasteiger partial charge in [0.05, 0.1) is 12.0 Å². The van der Waals surface area contributed by atoms with Crippen molar-refractivity contribution in [1.82, 2.24) is 14.8 Å². The fourth-order valence-electron chi connectivity index (χ4n) is 2.06. The zero-order valence-corrected chi connectivity index (χ0v) is 13.6. The molecule has 3 aromatic rings. The number of nitrogens with one attached hydrogen (secondary N) is 1. The van der Waals surface area contributed by atoms with E-state index in [2.05, 4.69) is 15.5 Å². The molecular weight excluding hydrogens is 328 g/mol. The van der Waals surface area contributed by atoms with E-state index in [0.29, 0.717) is 22.4 Å². The van der Waals surface area contributed by atoms with Gasteiger partial charge >= 0.3 is 0 Å². The van der Waals surface area contributed by atoms with Crippen molar-refractivity contribution in [2.45, 2.75) is 12.1 Å². The van der Waals surface area contributed by atoms with Crippen molar-refractivity contribution >= 4 is 29.3 Å². The van der Waals surface area contributed by atoms with Crippen molar-refractivity contribution in [1.29, 1.82) is 0 Å².